The second kappa shape index (κ2) is 8.85. The predicted octanol–water partition coefficient (Wildman–Crippen LogP) is 3.21. The average molecular weight is 370 g/mol. The highest BCUT2D eigenvalue weighted by Gasteiger charge is 2.20. The zero-order chi connectivity index (χ0) is 18.5. The molecule has 0 atom stereocenters. The summed E-state index contributed by atoms with van der Waals surface area (Å²) in [5.74, 6) is 1.48. The van der Waals surface area contributed by atoms with Gasteiger partial charge < -0.3 is 15.2 Å². The van der Waals surface area contributed by atoms with Crippen molar-refractivity contribution in [1.82, 2.24) is 14.9 Å². The number of anilines is 1. The number of rotatable bonds is 6. The van der Waals surface area contributed by atoms with Crippen molar-refractivity contribution in [2.45, 2.75) is 57.1 Å². The fourth-order valence-corrected chi connectivity index (χ4v) is 4.09. The lowest BCUT2D eigenvalue weighted by Crippen LogP contribution is -2.33. The van der Waals surface area contributed by atoms with Crippen molar-refractivity contribution in [3.05, 3.63) is 24.4 Å². The second-order valence-corrected chi connectivity index (χ2v) is 7.79. The minimum atomic E-state index is -0.152. The van der Waals surface area contributed by atoms with Crippen LogP contribution in [-0.2, 0) is 0 Å². The molecule has 1 aliphatic heterocycles. The Kier molecular flexibility index (Phi) is 6.04. The molecule has 0 spiro atoms. The Hall–Kier alpha value is -1.92. The highest BCUT2D eigenvalue weighted by molar-refractivity contribution is 5.84. The molecule has 27 heavy (non-hydrogen) atoms. The van der Waals surface area contributed by atoms with E-state index in [1.165, 1.54) is 32.4 Å². The van der Waals surface area contributed by atoms with E-state index in [4.69, 9.17) is 9.72 Å². The quantitative estimate of drug-likeness (QED) is 0.814. The molecular formula is C21H30N4O2. The van der Waals surface area contributed by atoms with E-state index in [0.29, 0.717) is 18.6 Å². The Morgan fingerprint density at radius 1 is 1.11 bits per heavy atom. The smallest absolute Gasteiger partial charge is 0.223 e. The van der Waals surface area contributed by atoms with Gasteiger partial charge >= 0.3 is 0 Å². The van der Waals surface area contributed by atoms with Gasteiger partial charge in [0.25, 0.3) is 0 Å². The molecule has 0 unspecified atom stereocenters. The third-order valence-corrected chi connectivity index (χ3v) is 5.72. The van der Waals surface area contributed by atoms with Gasteiger partial charge in [-0.3, -0.25) is 4.90 Å². The first-order chi connectivity index (χ1) is 13.3. The lowest BCUT2D eigenvalue weighted by molar-refractivity contribution is 0.126. The van der Waals surface area contributed by atoms with Crippen LogP contribution >= 0.6 is 0 Å². The summed E-state index contributed by atoms with van der Waals surface area (Å²) in [4.78, 5) is 11.7. The van der Waals surface area contributed by atoms with Gasteiger partial charge in [-0.2, -0.15) is 0 Å². The van der Waals surface area contributed by atoms with Gasteiger partial charge in [-0.1, -0.05) is 18.6 Å². The summed E-state index contributed by atoms with van der Waals surface area (Å²) in [5.41, 5.74) is 0.865. The SMILES string of the molecule is O[C@H]1CC[C@H](Nc2ncc3cccc(OCCN4CCCCC4)c3n2)CC1. The van der Waals surface area contributed by atoms with Gasteiger partial charge in [-0.05, 0) is 57.7 Å². The molecule has 2 heterocycles. The van der Waals surface area contributed by atoms with Crippen LogP contribution in [0.2, 0.25) is 0 Å². The molecule has 2 fully saturated rings. The minimum Gasteiger partial charge on any atom is -0.490 e. The van der Waals surface area contributed by atoms with Crippen LogP contribution in [0.5, 0.6) is 5.75 Å². The van der Waals surface area contributed by atoms with Crippen molar-refractivity contribution in [3.8, 4) is 5.75 Å². The Balaban J connectivity index is 1.41. The number of hydrogen-bond acceptors (Lipinski definition) is 6. The first-order valence-electron chi connectivity index (χ1n) is 10.3. The van der Waals surface area contributed by atoms with Gasteiger partial charge in [0.05, 0.1) is 6.10 Å². The largest absolute Gasteiger partial charge is 0.490 e. The predicted molar refractivity (Wildman–Crippen MR) is 107 cm³/mol. The number of likely N-dealkylation sites (tertiary alicyclic amines) is 1. The van der Waals surface area contributed by atoms with Gasteiger partial charge in [-0.25, -0.2) is 9.97 Å². The van der Waals surface area contributed by atoms with Crippen LogP contribution in [0, 0.1) is 0 Å². The number of fused-ring (bicyclic) bond motifs is 1. The third kappa shape index (κ3) is 4.87. The molecule has 146 valence electrons. The maximum Gasteiger partial charge on any atom is 0.223 e. The number of aliphatic hydroxyl groups excluding tert-OH is 1. The Bertz CT molecular complexity index is 740. The van der Waals surface area contributed by atoms with E-state index in [1.54, 1.807) is 0 Å². The van der Waals surface area contributed by atoms with Crippen LogP contribution in [0.1, 0.15) is 44.9 Å². The number of para-hydroxylation sites is 1. The van der Waals surface area contributed by atoms with Crippen molar-refractivity contribution in [1.29, 1.82) is 0 Å². The Morgan fingerprint density at radius 2 is 1.93 bits per heavy atom. The van der Waals surface area contributed by atoms with Gasteiger partial charge in [0.2, 0.25) is 5.95 Å². The van der Waals surface area contributed by atoms with Gasteiger partial charge in [-0.15, -0.1) is 0 Å². The fourth-order valence-electron chi connectivity index (χ4n) is 4.09. The van der Waals surface area contributed by atoms with E-state index in [0.717, 1.165) is 48.9 Å². The number of benzene rings is 1. The van der Waals surface area contributed by atoms with E-state index in [2.05, 4.69) is 15.2 Å². The van der Waals surface area contributed by atoms with Crippen LogP contribution in [0.15, 0.2) is 24.4 Å². The molecule has 1 aromatic heterocycles. The molecule has 1 aromatic carbocycles. The monoisotopic (exact) mass is 370 g/mol. The number of aliphatic hydroxyl groups is 1. The molecule has 2 aliphatic rings. The topological polar surface area (TPSA) is 70.5 Å². The molecule has 4 rings (SSSR count). The summed E-state index contributed by atoms with van der Waals surface area (Å²) in [5, 5.41) is 14.1. The van der Waals surface area contributed by atoms with E-state index in [9.17, 15) is 5.11 Å². The third-order valence-electron chi connectivity index (χ3n) is 5.72. The number of nitrogens with one attached hydrogen (secondary N) is 1. The number of ether oxygens (including phenoxy) is 1. The van der Waals surface area contributed by atoms with E-state index in [1.807, 2.05) is 24.4 Å². The van der Waals surface area contributed by atoms with E-state index < -0.39 is 0 Å². The van der Waals surface area contributed by atoms with Crippen molar-refractivity contribution < 1.29 is 9.84 Å². The Morgan fingerprint density at radius 3 is 2.74 bits per heavy atom. The maximum absolute atomic E-state index is 9.67. The highest BCUT2D eigenvalue weighted by Crippen LogP contribution is 2.26. The van der Waals surface area contributed by atoms with Gasteiger partial charge in [0.1, 0.15) is 17.9 Å². The molecular weight excluding hydrogens is 340 g/mol. The Labute approximate surface area is 161 Å². The summed E-state index contributed by atoms with van der Waals surface area (Å²) < 4.78 is 6.09. The molecule has 6 nitrogen and oxygen atoms in total. The zero-order valence-electron chi connectivity index (χ0n) is 15.9. The lowest BCUT2D eigenvalue weighted by atomic mass is 9.93. The average Bonchev–Trinajstić information content (AvgIpc) is 2.71. The number of piperidine rings is 1. The zero-order valence-corrected chi connectivity index (χ0v) is 15.9. The summed E-state index contributed by atoms with van der Waals surface area (Å²) in [6.45, 7) is 4.03. The molecule has 6 heteroatoms. The van der Waals surface area contributed by atoms with Crippen molar-refractivity contribution >= 4 is 16.9 Å². The molecule has 1 aliphatic carbocycles. The molecule has 1 saturated heterocycles. The lowest BCUT2D eigenvalue weighted by Gasteiger charge is -2.26. The van der Waals surface area contributed by atoms with Crippen molar-refractivity contribution in [2.24, 2.45) is 0 Å². The first kappa shape index (κ1) is 18.4. The standard InChI is InChI=1S/C21H30N4O2/c26-18-9-7-17(8-10-18)23-21-22-15-16-5-4-6-19(20(16)24-21)27-14-13-25-11-2-1-3-12-25/h4-6,15,17-18,26H,1-3,7-14H2,(H,22,23,24)/t17-,18-. The molecule has 2 N–H and O–H groups in total. The van der Waals surface area contributed by atoms with Crippen LogP contribution < -0.4 is 10.1 Å². The van der Waals surface area contributed by atoms with Crippen LogP contribution in [0.25, 0.3) is 10.9 Å². The number of nitrogens with zero attached hydrogens (tertiary/aromatic N) is 3. The molecule has 0 amide bonds. The maximum atomic E-state index is 9.67. The molecule has 0 bridgehead atoms. The van der Waals surface area contributed by atoms with Gasteiger partial charge in [0.15, 0.2) is 0 Å². The summed E-state index contributed by atoms with van der Waals surface area (Å²) >= 11 is 0. The highest BCUT2D eigenvalue weighted by atomic mass is 16.5. The van der Waals surface area contributed by atoms with Gasteiger partial charge in [0, 0.05) is 24.2 Å². The normalized spacial score (nSPS) is 24.0. The summed E-state index contributed by atoms with van der Waals surface area (Å²) in [6, 6.07) is 6.34. The van der Waals surface area contributed by atoms with E-state index >= 15 is 0 Å². The number of aromatic nitrogens is 2. The summed E-state index contributed by atoms with van der Waals surface area (Å²) in [7, 11) is 0. The molecule has 0 radical (unpaired) electrons. The van der Waals surface area contributed by atoms with Crippen LogP contribution in [0.4, 0.5) is 5.95 Å². The second-order valence-electron chi connectivity index (χ2n) is 7.79. The number of hydrogen-bond donors (Lipinski definition) is 2. The first-order valence-corrected chi connectivity index (χ1v) is 10.3. The van der Waals surface area contributed by atoms with Crippen molar-refractivity contribution in [3.63, 3.8) is 0 Å². The fraction of sp³-hybridized carbons (Fsp3) is 0.619. The minimum absolute atomic E-state index is 0.152. The molecule has 2 aromatic rings. The van der Waals surface area contributed by atoms with E-state index in [-0.39, 0.29) is 6.10 Å². The van der Waals surface area contributed by atoms with Crippen LogP contribution in [0.3, 0.4) is 0 Å². The van der Waals surface area contributed by atoms with Crippen LogP contribution in [-0.4, -0.2) is 58.4 Å². The summed E-state index contributed by atoms with van der Waals surface area (Å²) in [6.07, 6.45) is 9.26. The van der Waals surface area contributed by atoms with Crippen molar-refractivity contribution in [2.75, 3.05) is 31.6 Å². The molecule has 1 saturated carbocycles.